The largest absolute Gasteiger partial charge is 0.501 e. The summed E-state index contributed by atoms with van der Waals surface area (Å²) in [5, 5.41) is 9.48. The summed E-state index contributed by atoms with van der Waals surface area (Å²) in [6.07, 6.45) is 3.91. The fourth-order valence-electron chi connectivity index (χ4n) is 2.29. The normalized spacial score (nSPS) is 27.2. The second-order valence-corrected chi connectivity index (χ2v) is 4.66. The molecule has 2 atom stereocenters. The first-order valence-electron chi connectivity index (χ1n) is 5.96. The molecule has 0 spiro atoms. The van der Waals surface area contributed by atoms with Gasteiger partial charge in [0.15, 0.2) is 0 Å². The first kappa shape index (κ1) is 11.5. The number of likely N-dealkylation sites (tertiary alicyclic amines) is 1. The van der Waals surface area contributed by atoms with E-state index in [0.29, 0.717) is 13.2 Å². The molecule has 0 aliphatic carbocycles. The minimum atomic E-state index is -0.325. The molecule has 1 fully saturated rings. The Morgan fingerprint density at radius 2 is 2.50 bits per heavy atom. The van der Waals surface area contributed by atoms with Gasteiger partial charge in [-0.25, -0.2) is 0 Å². The van der Waals surface area contributed by atoms with Gasteiger partial charge in [0.2, 0.25) is 0 Å². The van der Waals surface area contributed by atoms with Crippen LogP contribution in [-0.4, -0.2) is 41.7 Å². The van der Waals surface area contributed by atoms with Gasteiger partial charge in [-0.15, -0.1) is 0 Å². The lowest BCUT2D eigenvalue weighted by atomic mass is 10.0. The number of amides is 1. The standard InChI is InChI=1S/C12H19NO3/c1-9(14)10-4-5-13(7-10)12(15)11-3-2-6-16-8-11/h8-10,14H,2-7H2,1H3. The van der Waals surface area contributed by atoms with Crippen molar-refractivity contribution in [1.82, 2.24) is 4.90 Å². The minimum Gasteiger partial charge on any atom is -0.501 e. The van der Waals surface area contributed by atoms with E-state index < -0.39 is 0 Å². The number of hydrogen-bond acceptors (Lipinski definition) is 3. The lowest BCUT2D eigenvalue weighted by Crippen LogP contribution is -2.32. The monoisotopic (exact) mass is 225 g/mol. The van der Waals surface area contributed by atoms with Crippen LogP contribution < -0.4 is 0 Å². The molecule has 0 aromatic carbocycles. The summed E-state index contributed by atoms with van der Waals surface area (Å²) in [6.45, 7) is 3.94. The molecule has 1 saturated heterocycles. The summed E-state index contributed by atoms with van der Waals surface area (Å²) < 4.78 is 5.18. The Morgan fingerprint density at radius 1 is 1.69 bits per heavy atom. The van der Waals surface area contributed by atoms with Gasteiger partial charge in [-0.3, -0.25) is 4.79 Å². The smallest absolute Gasteiger partial charge is 0.252 e. The van der Waals surface area contributed by atoms with Crippen LogP contribution in [0.5, 0.6) is 0 Å². The Morgan fingerprint density at radius 3 is 3.06 bits per heavy atom. The number of aliphatic hydroxyl groups excluding tert-OH is 1. The average Bonchev–Trinajstić information content (AvgIpc) is 2.78. The van der Waals surface area contributed by atoms with Gasteiger partial charge in [-0.1, -0.05) is 0 Å². The second-order valence-electron chi connectivity index (χ2n) is 4.66. The SMILES string of the molecule is CC(O)C1CCN(C(=O)C2=COCCC2)C1. The summed E-state index contributed by atoms with van der Waals surface area (Å²) in [4.78, 5) is 13.9. The molecule has 4 nitrogen and oxygen atoms in total. The number of nitrogens with zero attached hydrogens (tertiary/aromatic N) is 1. The maximum atomic E-state index is 12.1. The molecule has 0 aromatic rings. The fraction of sp³-hybridized carbons (Fsp3) is 0.750. The summed E-state index contributed by atoms with van der Waals surface area (Å²) in [6, 6.07) is 0. The summed E-state index contributed by atoms with van der Waals surface area (Å²) in [5.74, 6) is 0.317. The van der Waals surface area contributed by atoms with Gasteiger partial charge < -0.3 is 14.7 Å². The molecule has 1 N–H and O–H groups in total. The Hall–Kier alpha value is -1.03. The molecule has 90 valence electrons. The lowest BCUT2D eigenvalue weighted by molar-refractivity contribution is -0.126. The van der Waals surface area contributed by atoms with Crippen molar-refractivity contribution in [3.8, 4) is 0 Å². The van der Waals surface area contributed by atoms with E-state index in [-0.39, 0.29) is 17.9 Å². The van der Waals surface area contributed by atoms with Crippen molar-refractivity contribution in [2.75, 3.05) is 19.7 Å². The van der Waals surface area contributed by atoms with Crippen molar-refractivity contribution in [1.29, 1.82) is 0 Å². The van der Waals surface area contributed by atoms with Crippen molar-refractivity contribution in [3.63, 3.8) is 0 Å². The van der Waals surface area contributed by atoms with Gasteiger partial charge in [0, 0.05) is 19.0 Å². The molecule has 4 heteroatoms. The molecule has 0 aromatic heterocycles. The number of carbonyl (C=O) groups is 1. The minimum absolute atomic E-state index is 0.0860. The van der Waals surface area contributed by atoms with Crippen LogP contribution >= 0.6 is 0 Å². The first-order valence-corrected chi connectivity index (χ1v) is 5.96. The number of aliphatic hydroxyl groups is 1. The number of carbonyl (C=O) groups excluding carboxylic acids is 1. The van der Waals surface area contributed by atoms with Crippen molar-refractivity contribution < 1.29 is 14.6 Å². The predicted molar refractivity (Wildman–Crippen MR) is 59.6 cm³/mol. The molecule has 16 heavy (non-hydrogen) atoms. The van der Waals surface area contributed by atoms with Crippen LogP contribution in [0.15, 0.2) is 11.8 Å². The third kappa shape index (κ3) is 2.38. The van der Waals surface area contributed by atoms with Crippen LogP contribution in [0.4, 0.5) is 0 Å². The van der Waals surface area contributed by atoms with Gasteiger partial charge in [-0.05, 0) is 26.2 Å². The molecular weight excluding hydrogens is 206 g/mol. The van der Waals surface area contributed by atoms with E-state index in [1.54, 1.807) is 13.2 Å². The van der Waals surface area contributed by atoms with E-state index in [4.69, 9.17) is 4.74 Å². The van der Waals surface area contributed by atoms with E-state index in [9.17, 15) is 9.90 Å². The van der Waals surface area contributed by atoms with Crippen molar-refractivity contribution in [2.24, 2.45) is 5.92 Å². The fourth-order valence-corrected chi connectivity index (χ4v) is 2.29. The molecule has 2 rings (SSSR count). The van der Waals surface area contributed by atoms with Crippen LogP contribution in [0, 0.1) is 5.92 Å². The molecule has 2 unspecified atom stereocenters. The Labute approximate surface area is 95.9 Å². The highest BCUT2D eigenvalue weighted by molar-refractivity contribution is 5.93. The van der Waals surface area contributed by atoms with Crippen LogP contribution in [0.1, 0.15) is 26.2 Å². The summed E-state index contributed by atoms with van der Waals surface area (Å²) >= 11 is 0. The van der Waals surface area contributed by atoms with Crippen molar-refractivity contribution in [2.45, 2.75) is 32.3 Å². The van der Waals surface area contributed by atoms with Crippen LogP contribution in [0.25, 0.3) is 0 Å². The quantitative estimate of drug-likeness (QED) is 0.760. The van der Waals surface area contributed by atoms with E-state index in [2.05, 4.69) is 0 Å². The van der Waals surface area contributed by atoms with Gasteiger partial charge in [-0.2, -0.15) is 0 Å². The molecule has 1 amide bonds. The summed E-state index contributed by atoms with van der Waals surface area (Å²) in [7, 11) is 0. The van der Waals surface area contributed by atoms with Gasteiger partial charge in [0.25, 0.3) is 5.91 Å². The average molecular weight is 225 g/mol. The molecule has 2 aliphatic rings. The zero-order valence-corrected chi connectivity index (χ0v) is 9.69. The molecule has 2 heterocycles. The van der Waals surface area contributed by atoms with Crippen LogP contribution in [-0.2, 0) is 9.53 Å². The second kappa shape index (κ2) is 4.87. The Kier molecular flexibility index (Phi) is 3.49. The maximum absolute atomic E-state index is 12.1. The van der Waals surface area contributed by atoms with E-state index in [1.165, 1.54) is 0 Å². The summed E-state index contributed by atoms with van der Waals surface area (Å²) in [5.41, 5.74) is 0.775. The van der Waals surface area contributed by atoms with Gasteiger partial charge in [0.05, 0.1) is 24.5 Å². The first-order chi connectivity index (χ1) is 7.68. The molecule has 0 bridgehead atoms. The maximum Gasteiger partial charge on any atom is 0.252 e. The van der Waals surface area contributed by atoms with Crippen LogP contribution in [0.2, 0.25) is 0 Å². The Bertz CT molecular complexity index is 299. The van der Waals surface area contributed by atoms with Gasteiger partial charge in [0.1, 0.15) is 0 Å². The zero-order valence-electron chi connectivity index (χ0n) is 9.69. The van der Waals surface area contributed by atoms with Crippen molar-refractivity contribution >= 4 is 5.91 Å². The van der Waals surface area contributed by atoms with Crippen molar-refractivity contribution in [3.05, 3.63) is 11.8 Å². The highest BCUT2D eigenvalue weighted by Gasteiger charge is 2.30. The molecule has 2 aliphatic heterocycles. The third-order valence-corrected chi connectivity index (χ3v) is 3.40. The Balaban J connectivity index is 1.93. The highest BCUT2D eigenvalue weighted by Crippen LogP contribution is 2.23. The predicted octanol–water partition coefficient (Wildman–Crippen LogP) is 0.910. The molecular formula is C12H19NO3. The number of hydrogen-bond donors (Lipinski definition) is 1. The molecule has 0 radical (unpaired) electrons. The van der Waals surface area contributed by atoms with E-state index in [1.807, 2.05) is 4.90 Å². The topological polar surface area (TPSA) is 49.8 Å². The van der Waals surface area contributed by atoms with Crippen LogP contribution in [0.3, 0.4) is 0 Å². The molecule has 0 saturated carbocycles. The van der Waals surface area contributed by atoms with E-state index in [0.717, 1.165) is 31.4 Å². The third-order valence-electron chi connectivity index (χ3n) is 3.40. The number of rotatable bonds is 2. The highest BCUT2D eigenvalue weighted by atomic mass is 16.5. The lowest BCUT2D eigenvalue weighted by Gasteiger charge is -2.21. The number of ether oxygens (including phenoxy) is 1. The van der Waals surface area contributed by atoms with E-state index >= 15 is 0 Å². The zero-order chi connectivity index (χ0) is 11.5. The van der Waals surface area contributed by atoms with Gasteiger partial charge >= 0.3 is 0 Å².